The summed E-state index contributed by atoms with van der Waals surface area (Å²) in [6.45, 7) is 4.11. The van der Waals surface area contributed by atoms with Crippen molar-refractivity contribution in [3.63, 3.8) is 0 Å². The molecule has 0 aliphatic heterocycles. The summed E-state index contributed by atoms with van der Waals surface area (Å²) in [6.07, 6.45) is 1.18. The number of aromatic nitrogens is 1. The Morgan fingerprint density at radius 1 is 1.26 bits per heavy atom. The highest BCUT2D eigenvalue weighted by molar-refractivity contribution is 5.99. The van der Waals surface area contributed by atoms with E-state index in [4.69, 9.17) is 0 Å². The molecule has 0 saturated carbocycles. The lowest BCUT2D eigenvalue weighted by atomic mass is 10.1. The number of hydrogen-bond acceptors (Lipinski definition) is 4. The molecule has 0 aliphatic carbocycles. The minimum atomic E-state index is -0.698. The summed E-state index contributed by atoms with van der Waals surface area (Å²) in [5.74, 6) is -0.689. The van der Waals surface area contributed by atoms with Gasteiger partial charge in [-0.2, -0.15) is 0 Å². The number of carbonyl (C=O) groups excluding carboxylic acids is 1. The monoisotopic (exact) mass is 261 g/mol. The van der Waals surface area contributed by atoms with Crippen molar-refractivity contribution in [1.29, 1.82) is 0 Å². The van der Waals surface area contributed by atoms with Crippen LogP contribution >= 0.6 is 0 Å². The molecule has 0 radical (unpaired) electrons. The Morgan fingerprint density at radius 2 is 2.00 bits per heavy atom. The summed E-state index contributed by atoms with van der Waals surface area (Å²) in [6, 6.07) is 4.77. The highest BCUT2D eigenvalue weighted by atomic mass is 16.4. The van der Waals surface area contributed by atoms with Gasteiger partial charge in [0.25, 0.3) is 0 Å². The molecule has 2 rings (SSSR count). The average Bonchev–Trinajstić information content (AvgIpc) is 2.39. The first-order valence-electron chi connectivity index (χ1n) is 6.29. The largest absolute Gasteiger partial charge is 0.422 e. The number of ketones is 1. The van der Waals surface area contributed by atoms with E-state index in [2.05, 4.69) is 4.42 Å². The molecular weight excluding hydrogens is 246 g/mol. The van der Waals surface area contributed by atoms with Gasteiger partial charge in [0.15, 0.2) is 5.78 Å². The van der Waals surface area contributed by atoms with Gasteiger partial charge >= 0.3 is 11.4 Å². The van der Waals surface area contributed by atoms with E-state index in [9.17, 15) is 14.4 Å². The summed E-state index contributed by atoms with van der Waals surface area (Å²) in [7, 11) is 0. The molecule has 0 atom stereocenters. The third-order valence-electron chi connectivity index (χ3n) is 3.02. The lowest BCUT2D eigenvalue weighted by molar-refractivity contribution is 0.0982. The molecule has 5 heteroatoms. The van der Waals surface area contributed by atoms with Gasteiger partial charge in [0.05, 0.1) is 10.9 Å². The van der Waals surface area contributed by atoms with Crippen LogP contribution in [0.15, 0.2) is 32.2 Å². The number of carbonyl (C=O) groups is 1. The van der Waals surface area contributed by atoms with Gasteiger partial charge in [-0.1, -0.05) is 6.92 Å². The van der Waals surface area contributed by atoms with E-state index in [1.807, 2.05) is 6.92 Å². The van der Waals surface area contributed by atoms with Crippen LogP contribution in [0.1, 0.15) is 37.0 Å². The van der Waals surface area contributed by atoms with Crippen molar-refractivity contribution >= 4 is 16.7 Å². The number of hydrogen-bond donors (Lipinski definition) is 0. The first-order valence-corrected chi connectivity index (χ1v) is 6.29. The number of nitrogens with zero attached hydrogens (tertiary/aromatic N) is 1. The summed E-state index contributed by atoms with van der Waals surface area (Å²) in [5, 5.41) is 0.267. The van der Waals surface area contributed by atoms with Crippen LogP contribution in [0.3, 0.4) is 0 Å². The second kappa shape index (κ2) is 5.22. The van der Waals surface area contributed by atoms with Gasteiger partial charge in [0, 0.05) is 18.5 Å². The van der Waals surface area contributed by atoms with E-state index < -0.39 is 11.4 Å². The van der Waals surface area contributed by atoms with Crippen LogP contribution in [0.5, 0.6) is 0 Å². The van der Waals surface area contributed by atoms with Crippen molar-refractivity contribution in [2.75, 3.05) is 0 Å². The van der Waals surface area contributed by atoms with Crippen LogP contribution in [-0.2, 0) is 6.54 Å². The highest BCUT2D eigenvalue weighted by Crippen LogP contribution is 2.13. The second-order valence-corrected chi connectivity index (χ2v) is 4.30. The molecule has 0 bridgehead atoms. The van der Waals surface area contributed by atoms with E-state index in [1.54, 1.807) is 19.1 Å². The van der Waals surface area contributed by atoms with Crippen molar-refractivity contribution in [1.82, 2.24) is 4.57 Å². The number of fused-ring (bicyclic) bond motifs is 1. The summed E-state index contributed by atoms with van der Waals surface area (Å²) in [5.41, 5.74) is 0.274. The maximum absolute atomic E-state index is 11.8. The lowest BCUT2D eigenvalue weighted by Gasteiger charge is -2.06. The van der Waals surface area contributed by atoms with Crippen LogP contribution in [0.2, 0.25) is 0 Å². The van der Waals surface area contributed by atoms with Gasteiger partial charge in [0.2, 0.25) is 0 Å². The summed E-state index contributed by atoms with van der Waals surface area (Å²) < 4.78 is 6.01. The van der Waals surface area contributed by atoms with Crippen molar-refractivity contribution in [3.05, 3.63) is 44.7 Å². The molecule has 0 aliphatic rings. The maximum atomic E-state index is 11.8. The van der Waals surface area contributed by atoms with Gasteiger partial charge < -0.3 is 4.42 Å². The number of Topliss-reactive ketones (excluding diaryl/α,β-unsaturated/α-hetero) is 1. The molecular formula is C14H15NO4. The van der Waals surface area contributed by atoms with Gasteiger partial charge in [-0.25, -0.2) is 9.59 Å². The van der Waals surface area contributed by atoms with Crippen molar-refractivity contribution in [3.8, 4) is 0 Å². The predicted octanol–water partition coefficient (Wildman–Crippen LogP) is 1.96. The SMILES string of the molecule is CCCC(=O)c1ccc2c(c1)c(=O)oc(=O)n2CC. The van der Waals surface area contributed by atoms with Crippen LogP contribution in [0.4, 0.5) is 0 Å². The number of rotatable bonds is 4. The van der Waals surface area contributed by atoms with E-state index in [0.29, 0.717) is 24.0 Å². The molecule has 100 valence electrons. The summed E-state index contributed by atoms with van der Waals surface area (Å²) >= 11 is 0. The van der Waals surface area contributed by atoms with Gasteiger partial charge in [-0.05, 0) is 31.5 Å². The third-order valence-corrected chi connectivity index (χ3v) is 3.02. The maximum Gasteiger partial charge on any atom is 0.422 e. The first kappa shape index (κ1) is 13.3. The standard InChI is InChI=1S/C14H15NO4/c1-3-5-12(16)9-6-7-11-10(8-9)13(17)19-14(18)15(11)4-2/h6-8H,3-5H2,1-2H3. The highest BCUT2D eigenvalue weighted by Gasteiger charge is 2.11. The molecule has 5 nitrogen and oxygen atoms in total. The van der Waals surface area contributed by atoms with Gasteiger partial charge in [-0.15, -0.1) is 0 Å². The molecule has 0 unspecified atom stereocenters. The zero-order chi connectivity index (χ0) is 14.0. The molecule has 1 aromatic carbocycles. The lowest BCUT2D eigenvalue weighted by Crippen LogP contribution is -2.24. The van der Waals surface area contributed by atoms with Crippen molar-refractivity contribution in [2.45, 2.75) is 33.2 Å². The van der Waals surface area contributed by atoms with Crippen LogP contribution in [0.25, 0.3) is 10.9 Å². The number of benzene rings is 1. The molecule has 0 spiro atoms. The summed E-state index contributed by atoms with van der Waals surface area (Å²) in [4.78, 5) is 35.1. The molecule has 1 aromatic heterocycles. The van der Waals surface area contributed by atoms with Crippen molar-refractivity contribution in [2.24, 2.45) is 0 Å². The Bertz CT molecular complexity index is 739. The fourth-order valence-electron chi connectivity index (χ4n) is 2.07. The first-order chi connectivity index (χ1) is 9.08. The van der Waals surface area contributed by atoms with E-state index in [0.717, 1.165) is 6.42 Å². The molecule has 0 N–H and O–H groups in total. The third kappa shape index (κ3) is 2.36. The predicted molar refractivity (Wildman–Crippen MR) is 71.7 cm³/mol. The molecule has 2 aromatic rings. The Balaban J connectivity index is 2.71. The topological polar surface area (TPSA) is 69.3 Å². The number of aryl methyl sites for hydroxylation is 1. The average molecular weight is 261 g/mol. The van der Waals surface area contributed by atoms with Gasteiger partial charge in [0.1, 0.15) is 0 Å². The Hall–Kier alpha value is -2.17. The molecule has 0 amide bonds. The van der Waals surface area contributed by atoms with Crippen LogP contribution < -0.4 is 11.4 Å². The fourth-order valence-corrected chi connectivity index (χ4v) is 2.07. The fraction of sp³-hybridized carbons (Fsp3) is 0.357. The molecule has 0 saturated heterocycles. The van der Waals surface area contributed by atoms with Crippen LogP contribution in [-0.4, -0.2) is 10.4 Å². The van der Waals surface area contributed by atoms with E-state index >= 15 is 0 Å². The van der Waals surface area contributed by atoms with E-state index in [1.165, 1.54) is 10.6 Å². The smallest absolute Gasteiger partial charge is 0.372 e. The zero-order valence-corrected chi connectivity index (χ0v) is 10.9. The molecule has 19 heavy (non-hydrogen) atoms. The van der Waals surface area contributed by atoms with E-state index in [-0.39, 0.29) is 11.2 Å². The Kier molecular flexibility index (Phi) is 3.64. The molecule has 0 fully saturated rings. The van der Waals surface area contributed by atoms with Gasteiger partial charge in [-0.3, -0.25) is 9.36 Å². The van der Waals surface area contributed by atoms with Crippen LogP contribution in [0, 0.1) is 0 Å². The minimum Gasteiger partial charge on any atom is -0.372 e. The molecule has 1 heterocycles. The van der Waals surface area contributed by atoms with Crippen molar-refractivity contribution < 1.29 is 9.21 Å². The normalized spacial score (nSPS) is 10.8. The second-order valence-electron chi connectivity index (χ2n) is 4.30. The minimum absolute atomic E-state index is 0.0157. The zero-order valence-electron chi connectivity index (χ0n) is 10.9. The Labute approximate surface area is 109 Å². The quantitative estimate of drug-likeness (QED) is 0.789. The Morgan fingerprint density at radius 3 is 2.63 bits per heavy atom.